The SMILES string of the molecule is Cc1cc2c(c3c1C(=O)/C(=C/c1cn(C)c4ccccc14)O3)CN(CCN1CCOCC1)CO2. The van der Waals surface area contributed by atoms with E-state index in [-0.39, 0.29) is 5.78 Å². The van der Waals surface area contributed by atoms with Crippen LogP contribution in [-0.2, 0) is 18.3 Å². The molecule has 176 valence electrons. The van der Waals surface area contributed by atoms with Crippen LogP contribution in [0.5, 0.6) is 11.5 Å². The fourth-order valence-electron chi connectivity index (χ4n) is 5.16. The van der Waals surface area contributed by atoms with E-state index in [0.29, 0.717) is 30.3 Å². The zero-order valence-electron chi connectivity index (χ0n) is 19.7. The molecular formula is C27H29N3O4. The number of morpholine rings is 1. The lowest BCUT2D eigenvalue weighted by molar-refractivity contribution is 0.0239. The third-order valence-electron chi connectivity index (χ3n) is 7.04. The van der Waals surface area contributed by atoms with Crippen molar-refractivity contribution in [3.63, 3.8) is 0 Å². The highest BCUT2D eigenvalue weighted by Gasteiger charge is 2.35. The molecule has 0 amide bonds. The van der Waals surface area contributed by atoms with Gasteiger partial charge in [-0.1, -0.05) is 18.2 Å². The van der Waals surface area contributed by atoms with Crippen molar-refractivity contribution in [2.24, 2.45) is 7.05 Å². The van der Waals surface area contributed by atoms with E-state index in [1.54, 1.807) is 0 Å². The Balaban J connectivity index is 1.28. The third-order valence-corrected chi connectivity index (χ3v) is 7.04. The Labute approximate surface area is 199 Å². The van der Waals surface area contributed by atoms with E-state index < -0.39 is 0 Å². The molecule has 6 rings (SSSR count). The van der Waals surface area contributed by atoms with Crippen LogP contribution in [0.2, 0.25) is 0 Å². The van der Waals surface area contributed by atoms with E-state index in [9.17, 15) is 4.79 Å². The van der Waals surface area contributed by atoms with Gasteiger partial charge in [-0.2, -0.15) is 0 Å². The number of rotatable bonds is 4. The van der Waals surface area contributed by atoms with Gasteiger partial charge in [0.2, 0.25) is 5.78 Å². The van der Waals surface area contributed by atoms with Crippen molar-refractivity contribution in [3.05, 3.63) is 64.5 Å². The van der Waals surface area contributed by atoms with E-state index in [1.807, 2.05) is 44.4 Å². The number of ether oxygens (including phenoxy) is 3. The van der Waals surface area contributed by atoms with Crippen molar-refractivity contribution in [1.82, 2.24) is 14.4 Å². The lowest BCUT2D eigenvalue weighted by atomic mass is 9.98. The molecule has 7 heteroatoms. The fourth-order valence-corrected chi connectivity index (χ4v) is 5.16. The summed E-state index contributed by atoms with van der Waals surface area (Å²) < 4.78 is 19.9. The van der Waals surface area contributed by atoms with Crippen molar-refractivity contribution in [2.75, 3.05) is 46.1 Å². The van der Waals surface area contributed by atoms with Crippen LogP contribution in [0, 0.1) is 6.92 Å². The van der Waals surface area contributed by atoms with Crippen LogP contribution in [0.25, 0.3) is 17.0 Å². The molecule has 3 aliphatic heterocycles. The summed E-state index contributed by atoms with van der Waals surface area (Å²) in [6.07, 6.45) is 3.91. The Morgan fingerprint density at radius 2 is 1.88 bits per heavy atom. The maximum Gasteiger partial charge on any atom is 0.232 e. The zero-order valence-corrected chi connectivity index (χ0v) is 19.7. The molecule has 0 saturated carbocycles. The second-order valence-corrected chi connectivity index (χ2v) is 9.31. The maximum absolute atomic E-state index is 13.4. The summed E-state index contributed by atoms with van der Waals surface area (Å²) in [7, 11) is 2.01. The number of Topliss-reactive ketones (excluding diaryl/α,β-unsaturated/α-hetero) is 1. The normalized spacial score (nSPS) is 19.8. The Hall–Kier alpha value is -3.13. The minimum atomic E-state index is -0.0614. The maximum atomic E-state index is 13.4. The minimum Gasteiger partial charge on any atom is -0.478 e. The molecule has 1 fully saturated rings. The van der Waals surface area contributed by atoms with Crippen molar-refractivity contribution >= 4 is 22.8 Å². The summed E-state index contributed by atoms with van der Waals surface area (Å²) in [5, 5.41) is 1.10. The van der Waals surface area contributed by atoms with E-state index >= 15 is 0 Å². The summed E-state index contributed by atoms with van der Waals surface area (Å²) in [4.78, 5) is 18.1. The van der Waals surface area contributed by atoms with Crippen LogP contribution in [0.1, 0.15) is 27.0 Å². The first-order valence-corrected chi connectivity index (χ1v) is 11.9. The van der Waals surface area contributed by atoms with E-state index in [4.69, 9.17) is 14.2 Å². The smallest absolute Gasteiger partial charge is 0.232 e. The van der Waals surface area contributed by atoms with Crippen molar-refractivity contribution in [2.45, 2.75) is 13.5 Å². The summed E-state index contributed by atoms with van der Waals surface area (Å²) in [5.41, 5.74) is 4.61. The Morgan fingerprint density at radius 3 is 2.74 bits per heavy atom. The van der Waals surface area contributed by atoms with Gasteiger partial charge in [-0.05, 0) is 30.7 Å². The number of aromatic nitrogens is 1. The Kier molecular flexibility index (Phi) is 5.40. The van der Waals surface area contributed by atoms with Gasteiger partial charge >= 0.3 is 0 Å². The van der Waals surface area contributed by atoms with E-state index in [0.717, 1.165) is 72.7 Å². The molecule has 0 radical (unpaired) electrons. The van der Waals surface area contributed by atoms with E-state index in [1.165, 1.54) is 0 Å². The first kappa shape index (κ1) is 21.4. The van der Waals surface area contributed by atoms with Crippen LogP contribution in [0.15, 0.2) is 42.3 Å². The highest BCUT2D eigenvalue weighted by Crippen LogP contribution is 2.44. The third kappa shape index (κ3) is 3.70. The van der Waals surface area contributed by atoms with Crippen LogP contribution in [0.3, 0.4) is 0 Å². The molecule has 2 aromatic carbocycles. The van der Waals surface area contributed by atoms with Crippen LogP contribution < -0.4 is 9.47 Å². The van der Waals surface area contributed by atoms with Crippen molar-refractivity contribution in [3.8, 4) is 11.5 Å². The molecule has 0 N–H and O–H groups in total. The molecule has 3 aliphatic rings. The number of allylic oxidation sites excluding steroid dienone is 1. The van der Waals surface area contributed by atoms with Gasteiger partial charge < -0.3 is 18.8 Å². The van der Waals surface area contributed by atoms with Gasteiger partial charge in [-0.15, -0.1) is 0 Å². The number of benzene rings is 2. The largest absolute Gasteiger partial charge is 0.478 e. The molecule has 1 saturated heterocycles. The highest BCUT2D eigenvalue weighted by molar-refractivity contribution is 6.16. The molecule has 7 nitrogen and oxygen atoms in total. The topological polar surface area (TPSA) is 56.2 Å². The molecular weight excluding hydrogens is 430 g/mol. The van der Waals surface area contributed by atoms with Gasteiger partial charge in [0.05, 0.1) is 24.3 Å². The lowest BCUT2D eigenvalue weighted by Gasteiger charge is -2.33. The molecule has 1 aromatic heterocycles. The van der Waals surface area contributed by atoms with Crippen molar-refractivity contribution in [1.29, 1.82) is 0 Å². The molecule has 0 atom stereocenters. The number of para-hydroxylation sites is 1. The zero-order chi connectivity index (χ0) is 23.2. The summed E-state index contributed by atoms with van der Waals surface area (Å²) in [5.74, 6) is 1.78. The molecule has 3 aromatic rings. The molecule has 4 heterocycles. The molecule has 34 heavy (non-hydrogen) atoms. The average Bonchev–Trinajstić information content (AvgIpc) is 3.36. The first-order chi connectivity index (χ1) is 16.6. The second kappa shape index (κ2) is 8.58. The first-order valence-electron chi connectivity index (χ1n) is 11.9. The van der Waals surface area contributed by atoms with Gasteiger partial charge in [0.15, 0.2) is 5.76 Å². The predicted octanol–water partition coefficient (Wildman–Crippen LogP) is 3.59. The number of fused-ring (bicyclic) bond motifs is 4. The molecule has 0 spiro atoms. The quantitative estimate of drug-likeness (QED) is 0.556. The Bertz CT molecular complexity index is 1300. The standard InChI is InChI=1S/C27H29N3O4/c1-18-13-23-21(16-30(17-33-23)8-7-29-9-11-32-12-10-29)27-25(18)26(31)24(34-27)14-19-15-28(2)22-6-4-3-5-20(19)22/h3-6,13-15H,7-12,16-17H2,1-2H3/b24-14-. The summed E-state index contributed by atoms with van der Waals surface area (Å²) in [6, 6.07) is 10.2. The number of aryl methyl sites for hydroxylation is 2. The minimum absolute atomic E-state index is 0.0614. The Morgan fingerprint density at radius 1 is 1.09 bits per heavy atom. The van der Waals surface area contributed by atoms with Crippen LogP contribution >= 0.6 is 0 Å². The van der Waals surface area contributed by atoms with E-state index in [2.05, 4.69) is 26.5 Å². The van der Waals surface area contributed by atoms with Crippen molar-refractivity contribution < 1.29 is 19.0 Å². The monoisotopic (exact) mass is 459 g/mol. The van der Waals surface area contributed by atoms with Crippen LogP contribution in [0.4, 0.5) is 0 Å². The van der Waals surface area contributed by atoms with Gasteiger partial charge in [0.1, 0.15) is 18.2 Å². The number of hydrogen-bond acceptors (Lipinski definition) is 6. The molecule has 0 unspecified atom stereocenters. The number of hydrogen-bond donors (Lipinski definition) is 0. The van der Waals surface area contributed by atoms with Crippen LogP contribution in [-0.4, -0.2) is 66.3 Å². The van der Waals surface area contributed by atoms with Gasteiger partial charge in [-0.3, -0.25) is 14.6 Å². The fraction of sp³-hybridized carbons (Fsp3) is 0.370. The molecule has 0 aliphatic carbocycles. The number of carbonyl (C=O) groups excluding carboxylic acids is 1. The average molecular weight is 460 g/mol. The number of ketones is 1. The van der Waals surface area contributed by atoms with Gasteiger partial charge in [-0.25, -0.2) is 0 Å². The molecule has 0 bridgehead atoms. The van der Waals surface area contributed by atoms with Gasteiger partial charge in [0, 0.05) is 62.4 Å². The summed E-state index contributed by atoms with van der Waals surface area (Å²) in [6.45, 7) is 8.62. The summed E-state index contributed by atoms with van der Waals surface area (Å²) >= 11 is 0. The van der Waals surface area contributed by atoms with Gasteiger partial charge in [0.25, 0.3) is 0 Å². The highest BCUT2D eigenvalue weighted by atomic mass is 16.5. The predicted molar refractivity (Wildman–Crippen MR) is 130 cm³/mol. The number of nitrogens with zero attached hydrogens (tertiary/aromatic N) is 3. The second-order valence-electron chi connectivity index (χ2n) is 9.31. The lowest BCUT2D eigenvalue weighted by Crippen LogP contribution is -2.43. The number of carbonyl (C=O) groups is 1.